The van der Waals surface area contributed by atoms with Crippen molar-refractivity contribution >= 4 is 17.3 Å². The Kier molecular flexibility index (Phi) is 5.46. The van der Waals surface area contributed by atoms with Crippen LogP contribution >= 0.6 is 11.3 Å². The lowest BCUT2D eigenvalue weighted by atomic mass is 9.85. The van der Waals surface area contributed by atoms with Crippen LogP contribution in [0.2, 0.25) is 0 Å². The van der Waals surface area contributed by atoms with Gasteiger partial charge in [0.2, 0.25) is 12.5 Å². The summed E-state index contributed by atoms with van der Waals surface area (Å²) in [6.07, 6.45) is 0.269. The minimum atomic E-state index is -0.551. The third kappa shape index (κ3) is 3.49. The predicted octanol–water partition coefficient (Wildman–Crippen LogP) is 4.51. The van der Waals surface area contributed by atoms with Gasteiger partial charge in [0.1, 0.15) is 18.3 Å². The van der Waals surface area contributed by atoms with Crippen molar-refractivity contribution in [3.8, 4) is 28.7 Å². The fourth-order valence-corrected chi connectivity index (χ4v) is 5.84. The first-order chi connectivity index (χ1) is 17.1. The van der Waals surface area contributed by atoms with E-state index in [1.165, 1.54) is 0 Å². The van der Waals surface area contributed by atoms with E-state index in [-0.39, 0.29) is 12.8 Å². The van der Waals surface area contributed by atoms with Crippen LogP contribution in [0.5, 0.6) is 28.7 Å². The number of methoxy groups -OCH3 is 2. The summed E-state index contributed by atoms with van der Waals surface area (Å²) in [4.78, 5) is 15.5. The molecular weight excluding hydrogens is 470 g/mol. The fourth-order valence-electron chi connectivity index (χ4n) is 5.18. The number of esters is 1. The van der Waals surface area contributed by atoms with Crippen molar-refractivity contribution < 1.29 is 33.2 Å². The summed E-state index contributed by atoms with van der Waals surface area (Å²) < 4.78 is 34.9. The average Bonchev–Trinajstić information content (AvgIpc) is 3.62. The van der Waals surface area contributed by atoms with Crippen LogP contribution in [0.25, 0.3) is 0 Å². The average molecular weight is 496 g/mol. The van der Waals surface area contributed by atoms with Gasteiger partial charge in [-0.3, -0.25) is 4.90 Å². The van der Waals surface area contributed by atoms with Gasteiger partial charge in [-0.05, 0) is 53.6 Å². The van der Waals surface area contributed by atoms with Gasteiger partial charge in [-0.25, -0.2) is 4.79 Å². The standard InChI is InChI=1S/C26H25NO7S/c1-27-8-6-15-10-18-24(33-13-32-18)25(30-3)19(15)21(27)22-16-4-5-17(29-2)23(20(16)26(28)34-22)31-11-14-7-9-35-12-14/h4-5,7,9-10,12,21-22H,6,8,11,13H2,1-3H3/t21-,22?/m1/s1. The number of hydrogen-bond donors (Lipinski definition) is 0. The molecule has 9 heteroatoms. The summed E-state index contributed by atoms with van der Waals surface area (Å²) in [7, 11) is 5.22. The lowest BCUT2D eigenvalue weighted by molar-refractivity contribution is 0.00871. The molecule has 8 nitrogen and oxygen atoms in total. The first-order valence-corrected chi connectivity index (χ1v) is 12.3. The maximum absolute atomic E-state index is 13.3. The highest BCUT2D eigenvalue weighted by atomic mass is 32.1. The smallest absolute Gasteiger partial charge is 0.343 e. The molecule has 0 saturated carbocycles. The molecule has 0 amide bonds. The van der Waals surface area contributed by atoms with E-state index in [2.05, 4.69) is 4.90 Å². The van der Waals surface area contributed by atoms with Gasteiger partial charge in [-0.15, -0.1) is 0 Å². The van der Waals surface area contributed by atoms with E-state index in [9.17, 15) is 4.79 Å². The number of nitrogens with zero attached hydrogens (tertiary/aromatic N) is 1. The van der Waals surface area contributed by atoms with E-state index in [0.717, 1.165) is 35.2 Å². The van der Waals surface area contributed by atoms with Crippen LogP contribution in [-0.2, 0) is 17.8 Å². The van der Waals surface area contributed by atoms with Crippen molar-refractivity contribution in [3.63, 3.8) is 0 Å². The third-order valence-electron chi connectivity index (χ3n) is 6.82. The summed E-state index contributed by atoms with van der Waals surface area (Å²) >= 11 is 1.60. The van der Waals surface area contributed by atoms with E-state index in [0.29, 0.717) is 40.9 Å². The lowest BCUT2D eigenvalue weighted by Crippen LogP contribution is -2.36. The number of hydrogen-bond acceptors (Lipinski definition) is 9. The molecule has 0 aliphatic carbocycles. The number of thiophene rings is 1. The molecule has 3 aliphatic rings. The Labute approximate surface area is 206 Å². The summed E-state index contributed by atoms with van der Waals surface area (Å²) in [5, 5.41) is 4.01. The fraction of sp³-hybridized carbons (Fsp3) is 0.346. The van der Waals surface area contributed by atoms with Crippen LogP contribution in [0.15, 0.2) is 35.0 Å². The Balaban J connectivity index is 1.45. The molecule has 0 fully saturated rings. The molecule has 2 aromatic carbocycles. The second kappa shape index (κ2) is 8.66. The van der Waals surface area contributed by atoms with Crippen LogP contribution in [0, 0.1) is 0 Å². The predicted molar refractivity (Wildman–Crippen MR) is 128 cm³/mol. The Hall–Kier alpha value is -3.43. The van der Waals surface area contributed by atoms with Crippen molar-refractivity contribution in [1.82, 2.24) is 4.90 Å². The Morgan fingerprint density at radius 3 is 2.80 bits per heavy atom. The molecule has 1 unspecified atom stereocenters. The Bertz CT molecular complexity index is 1290. The zero-order chi connectivity index (χ0) is 24.1. The van der Waals surface area contributed by atoms with Crippen LogP contribution in [0.3, 0.4) is 0 Å². The number of likely N-dealkylation sites (N-methyl/N-ethyl adjacent to an activating group) is 1. The second-order valence-corrected chi connectivity index (χ2v) is 9.48. The van der Waals surface area contributed by atoms with Crippen LogP contribution in [0.4, 0.5) is 0 Å². The van der Waals surface area contributed by atoms with Crippen molar-refractivity contribution in [2.24, 2.45) is 0 Å². The van der Waals surface area contributed by atoms with Crippen molar-refractivity contribution in [3.05, 3.63) is 62.8 Å². The molecule has 1 aromatic heterocycles. The summed E-state index contributed by atoms with van der Waals surface area (Å²) in [6.45, 7) is 1.28. The van der Waals surface area contributed by atoms with E-state index in [1.807, 2.05) is 42.1 Å². The first-order valence-electron chi connectivity index (χ1n) is 11.4. The van der Waals surface area contributed by atoms with Gasteiger partial charge < -0.3 is 28.4 Å². The van der Waals surface area contributed by atoms with Gasteiger partial charge in [-0.2, -0.15) is 11.3 Å². The van der Waals surface area contributed by atoms with Gasteiger partial charge in [0.15, 0.2) is 23.0 Å². The Morgan fingerprint density at radius 2 is 2.03 bits per heavy atom. The molecule has 0 bridgehead atoms. The molecule has 3 aromatic rings. The number of carbonyl (C=O) groups excluding carboxylic acids is 1. The molecule has 35 heavy (non-hydrogen) atoms. The van der Waals surface area contributed by atoms with Gasteiger partial charge in [0.25, 0.3) is 0 Å². The largest absolute Gasteiger partial charge is 0.493 e. The van der Waals surface area contributed by atoms with Crippen LogP contribution < -0.4 is 23.7 Å². The van der Waals surface area contributed by atoms with Crippen LogP contribution in [-0.4, -0.2) is 45.5 Å². The maximum atomic E-state index is 13.3. The number of cyclic esters (lactones) is 1. The summed E-state index contributed by atoms with van der Waals surface area (Å²) in [6, 6.07) is 7.46. The summed E-state index contributed by atoms with van der Waals surface area (Å²) in [5.41, 5.74) is 4.25. The minimum absolute atomic E-state index is 0.154. The molecule has 2 atom stereocenters. The minimum Gasteiger partial charge on any atom is -0.493 e. The van der Waals surface area contributed by atoms with E-state index < -0.39 is 12.1 Å². The van der Waals surface area contributed by atoms with Crippen molar-refractivity contribution in [1.29, 1.82) is 0 Å². The molecule has 0 radical (unpaired) electrons. The normalized spacial score (nSPS) is 20.3. The van der Waals surface area contributed by atoms with Crippen LogP contribution in [0.1, 0.15) is 44.8 Å². The number of fused-ring (bicyclic) bond motifs is 3. The zero-order valence-corrected chi connectivity index (χ0v) is 20.5. The first kappa shape index (κ1) is 22.1. The topological polar surface area (TPSA) is 75.7 Å². The molecular formula is C26H25NO7S. The summed E-state index contributed by atoms with van der Waals surface area (Å²) in [5.74, 6) is 2.37. The highest BCUT2D eigenvalue weighted by Crippen LogP contribution is 2.55. The molecule has 4 heterocycles. The zero-order valence-electron chi connectivity index (χ0n) is 19.7. The Morgan fingerprint density at radius 1 is 1.14 bits per heavy atom. The van der Waals surface area contributed by atoms with Gasteiger partial charge in [0, 0.05) is 17.7 Å². The monoisotopic (exact) mass is 495 g/mol. The number of carbonyl (C=O) groups is 1. The van der Waals surface area contributed by atoms with Crippen molar-refractivity contribution in [2.45, 2.75) is 25.2 Å². The number of benzene rings is 2. The van der Waals surface area contributed by atoms with Gasteiger partial charge in [-0.1, -0.05) is 6.07 Å². The highest BCUT2D eigenvalue weighted by molar-refractivity contribution is 7.07. The molecule has 0 N–H and O–H groups in total. The number of rotatable bonds is 6. The van der Waals surface area contributed by atoms with Gasteiger partial charge in [0.05, 0.1) is 20.3 Å². The van der Waals surface area contributed by atoms with E-state index in [1.54, 1.807) is 25.6 Å². The molecule has 6 rings (SSSR count). The van der Waals surface area contributed by atoms with Crippen molar-refractivity contribution in [2.75, 3.05) is 34.6 Å². The molecule has 3 aliphatic heterocycles. The van der Waals surface area contributed by atoms with E-state index >= 15 is 0 Å². The van der Waals surface area contributed by atoms with Gasteiger partial charge >= 0.3 is 5.97 Å². The molecule has 0 spiro atoms. The van der Waals surface area contributed by atoms with E-state index in [4.69, 9.17) is 28.4 Å². The SMILES string of the molecule is COc1ccc2c(c1OCc1ccsc1)C(=O)OC2[C@H]1c2c(cc3c(c2OC)OCO3)CCN1C. The number of ether oxygens (including phenoxy) is 6. The quantitative estimate of drug-likeness (QED) is 0.463. The molecule has 0 saturated heterocycles. The lowest BCUT2D eigenvalue weighted by Gasteiger charge is -2.38. The molecule has 182 valence electrons. The third-order valence-corrected chi connectivity index (χ3v) is 7.55. The highest BCUT2D eigenvalue weighted by Gasteiger charge is 2.46. The second-order valence-electron chi connectivity index (χ2n) is 8.70. The maximum Gasteiger partial charge on any atom is 0.343 e.